The van der Waals surface area contributed by atoms with Crippen molar-refractivity contribution in [3.8, 4) is 23.3 Å². The fourth-order valence-electron chi connectivity index (χ4n) is 2.82. The molecule has 0 aliphatic heterocycles. The zero-order valence-corrected chi connectivity index (χ0v) is 17.3. The van der Waals surface area contributed by atoms with Gasteiger partial charge >= 0.3 is 0 Å². The second kappa shape index (κ2) is 10.5. The Bertz CT molecular complexity index is 1100. The van der Waals surface area contributed by atoms with Gasteiger partial charge in [0.15, 0.2) is 11.5 Å². The van der Waals surface area contributed by atoms with Gasteiger partial charge in [-0.3, -0.25) is 4.79 Å². The van der Waals surface area contributed by atoms with Crippen molar-refractivity contribution in [2.75, 3.05) is 19.5 Å². The summed E-state index contributed by atoms with van der Waals surface area (Å²) in [6.45, 7) is 0.403. The summed E-state index contributed by atoms with van der Waals surface area (Å²) in [7, 11) is 3.11. The van der Waals surface area contributed by atoms with Gasteiger partial charge in [-0.15, -0.1) is 0 Å². The molecule has 0 aromatic heterocycles. The van der Waals surface area contributed by atoms with Crippen LogP contribution < -0.4 is 19.5 Å². The molecule has 0 atom stereocenters. The number of methoxy groups -OCH3 is 2. The predicted octanol–water partition coefficient (Wildman–Crippen LogP) is 4.83. The molecule has 3 aromatic carbocycles. The summed E-state index contributed by atoms with van der Waals surface area (Å²) in [6, 6.07) is 23.8. The van der Waals surface area contributed by atoms with E-state index in [1.165, 1.54) is 6.08 Å². The summed E-state index contributed by atoms with van der Waals surface area (Å²) < 4.78 is 16.4. The number of hydrogen-bond acceptors (Lipinski definition) is 5. The Balaban J connectivity index is 1.73. The molecule has 3 aromatic rings. The number of nitriles is 1. The minimum Gasteiger partial charge on any atom is -0.497 e. The van der Waals surface area contributed by atoms with Gasteiger partial charge in [-0.2, -0.15) is 5.26 Å². The van der Waals surface area contributed by atoms with Crippen molar-refractivity contribution in [3.05, 3.63) is 89.5 Å². The smallest absolute Gasteiger partial charge is 0.266 e. The lowest BCUT2D eigenvalue weighted by atomic mass is 10.1. The molecule has 0 heterocycles. The van der Waals surface area contributed by atoms with Crippen LogP contribution in [0.2, 0.25) is 0 Å². The first kappa shape index (κ1) is 21.5. The van der Waals surface area contributed by atoms with Crippen LogP contribution in [0.5, 0.6) is 17.2 Å². The first-order valence-corrected chi connectivity index (χ1v) is 9.55. The van der Waals surface area contributed by atoms with Gasteiger partial charge < -0.3 is 19.5 Å². The van der Waals surface area contributed by atoms with Crippen molar-refractivity contribution >= 4 is 17.7 Å². The summed E-state index contributed by atoms with van der Waals surface area (Å²) in [4.78, 5) is 12.5. The lowest BCUT2D eigenvalue weighted by Gasteiger charge is -2.11. The molecule has 0 unspecified atom stereocenters. The number of amides is 1. The van der Waals surface area contributed by atoms with Crippen molar-refractivity contribution in [2.45, 2.75) is 6.61 Å². The first-order chi connectivity index (χ1) is 15.1. The Morgan fingerprint density at radius 3 is 2.35 bits per heavy atom. The SMILES string of the molecule is COc1ccc(NC(=O)/C(C#N)=C/c2ccc(OCc3ccccc3)c(OC)c2)cc1. The normalized spacial score (nSPS) is 10.7. The fourth-order valence-corrected chi connectivity index (χ4v) is 2.82. The van der Waals surface area contributed by atoms with Crippen LogP contribution in [0.25, 0.3) is 6.08 Å². The molecular weight excluding hydrogens is 392 g/mol. The van der Waals surface area contributed by atoms with Crippen LogP contribution in [-0.4, -0.2) is 20.1 Å². The van der Waals surface area contributed by atoms with Gasteiger partial charge in [-0.05, 0) is 53.6 Å². The van der Waals surface area contributed by atoms with Crippen LogP contribution >= 0.6 is 0 Å². The van der Waals surface area contributed by atoms with E-state index in [1.54, 1.807) is 56.7 Å². The van der Waals surface area contributed by atoms with E-state index in [4.69, 9.17) is 14.2 Å². The molecule has 6 nitrogen and oxygen atoms in total. The highest BCUT2D eigenvalue weighted by Crippen LogP contribution is 2.30. The second-order valence-electron chi connectivity index (χ2n) is 6.54. The van der Waals surface area contributed by atoms with Gasteiger partial charge in [0.1, 0.15) is 24.0 Å². The van der Waals surface area contributed by atoms with Crippen LogP contribution in [0.15, 0.2) is 78.4 Å². The molecule has 156 valence electrons. The van der Waals surface area contributed by atoms with Gasteiger partial charge in [0.2, 0.25) is 0 Å². The Morgan fingerprint density at radius 2 is 1.71 bits per heavy atom. The number of ether oxygens (including phenoxy) is 3. The van der Waals surface area contributed by atoms with Gasteiger partial charge in [0, 0.05) is 5.69 Å². The van der Waals surface area contributed by atoms with Crippen LogP contribution in [-0.2, 0) is 11.4 Å². The summed E-state index contributed by atoms with van der Waals surface area (Å²) >= 11 is 0. The number of rotatable bonds is 8. The van der Waals surface area contributed by atoms with Crippen LogP contribution in [0.1, 0.15) is 11.1 Å². The third-order valence-electron chi connectivity index (χ3n) is 4.45. The van der Waals surface area contributed by atoms with E-state index < -0.39 is 5.91 Å². The van der Waals surface area contributed by atoms with Crippen LogP contribution in [0, 0.1) is 11.3 Å². The summed E-state index contributed by atoms with van der Waals surface area (Å²) in [6.07, 6.45) is 1.50. The molecule has 0 radical (unpaired) electrons. The molecule has 3 rings (SSSR count). The highest BCUT2D eigenvalue weighted by Gasteiger charge is 2.11. The van der Waals surface area contributed by atoms with Crippen molar-refractivity contribution in [3.63, 3.8) is 0 Å². The number of nitrogens with zero attached hydrogens (tertiary/aromatic N) is 1. The third kappa shape index (κ3) is 5.87. The molecule has 1 amide bonds. The molecule has 0 fully saturated rings. The van der Waals surface area contributed by atoms with Crippen LogP contribution in [0.3, 0.4) is 0 Å². The molecule has 0 saturated heterocycles. The monoisotopic (exact) mass is 414 g/mol. The number of hydrogen-bond donors (Lipinski definition) is 1. The van der Waals surface area contributed by atoms with E-state index in [1.807, 2.05) is 36.4 Å². The fraction of sp³-hybridized carbons (Fsp3) is 0.120. The summed E-state index contributed by atoms with van der Waals surface area (Å²) in [5.41, 5.74) is 2.21. The Morgan fingerprint density at radius 1 is 0.968 bits per heavy atom. The zero-order valence-electron chi connectivity index (χ0n) is 17.3. The maximum Gasteiger partial charge on any atom is 0.266 e. The number of carbonyl (C=O) groups excluding carboxylic acids is 1. The molecular formula is C25H22N2O4. The minimum atomic E-state index is -0.504. The van der Waals surface area contributed by atoms with Gasteiger partial charge in [0.25, 0.3) is 5.91 Å². The highest BCUT2D eigenvalue weighted by molar-refractivity contribution is 6.09. The van der Waals surface area contributed by atoms with E-state index >= 15 is 0 Å². The quantitative estimate of drug-likeness (QED) is 0.422. The summed E-state index contributed by atoms with van der Waals surface area (Å²) in [5, 5.41) is 12.2. The average molecular weight is 414 g/mol. The van der Waals surface area contributed by atoms with Crippen LogP contribution in [0.4, 0.5) is 5.69 Å². The largest absolute Gasteiger partial charge is 0.497 e. The number of benzene rings is 3. The molecule has 0 spiro atoms. The highest BCUT2D eigenvalue weighted by atomic mass is 16.5. The number of anilines is 1. The predicted molar refractivity (Wildman–Crippen MR) is 119 cm³/mol. The molecule has 0 aliphatic carbocycles. The van der Waals surface area contributed by atoms with Gasteiger partial charge in [-0.25, -0.2) is 0 Å². The average Bonchev–Trinajstić information content (AvgIpc) is 2.82. The van der Waals surface area contributed by atoms with Crippen molar-refractivity contribution in [1.29, 1.82) is 5.26 Å². The standard InChI is InChI=1S/C25H22N2O4/c1-29-22-11-9-21(10-12-22)27-25(28)20(16-26)14-19-8-13-23(24(15-19)30-2)31-17-18-6-4-3-5-7-18/h3-15H,17H2,1-2H3,(H,27,28)/b20-14+. The number of nitrogens with one attached hydrogen (secondary N) is 1. The van der Waals surface area contributed by atoms with Crippen molar-refractivity contribution in [2.24, 2.45) is 0 Å². The molecule has 1 N–H and O–H groups in total. The van der Waals surface area contributed by atoms with E-state index in [2.05, 4.69) is 5.32 Å². The number of carbonyl (C=O) groups is 1. The van der Waals surface area contributed by atoms with E-state index in [9.17, 15) is 10.1 Å². The Kier molecular flexibility index (Phi) is 7.28. The topological polar surface area (TPSA) is 80.6 Å². The lowest BCUT2D eigenvalue weighted by Crippen LogP contribution is -2.13. The molecule has 0 saturated carbocycles. The van der Waals surface area contributed by atoms with Gasteiger partial charge in [-0.1, -0.05) is 36.4 Å². The Labute approximate surface area is 181 Å². The second-order valence-corrected chi connectivity index (χ2v) is 6.54. The summed E-state index contributed by atoms with van der Waals surface area (Å²) in [5.74, 6) is 1.26. The Hall–Kier alpha value is -4.24. The van der Waals surface area contributed by atoms with E-state index in [-0.39, 0.29) is 5.57 Å². The third-order valence-corrected chi connectivity index (χ3v) is 4.45. The first-order valence-electron chi connectivity index (χ1n) is 9.55. The van der Waals surface area contributed by atoms with Gasteiger partial charge in [0.05, 0.1) is 14.2 Å². The molecule has 0 aliphatic rings. The molecule has 0 bridgehead atoms. The van der Waals surface area contributed by atoms with E-state index in [0.29, 0.717) is 35.1 Å². The zero-order chi connectivity index (χ0) is 22.1. The molecule has 6 heteroatoms. The van der Waals surface area contributed by atoms with Crippen molar-refractivity contribution in [1.82, 2.24) is 0 Å². The van der Waals surface area contributed by atoms with Crippen molar-refractivity contribution < 1.29 is 19.0 Å². The maximum atomic E-state index is 12.5. The molecule has 31 heavy (non-hydrogen) atoms. The maximum absolute atomic E-state index is 12.5. The minimum absolute atomic E-state index is 0.0316. The lowest BCUT2D eigenvalue weighted by molar-refractivity contribution is -0.112. The van der Waals surface area contributed by atoms with E-state index in [0.717, 1.165) is 5.56 Å².